The number of benzene rings is 2. The molecule has 0 saturated carbocycles. The molecule has 2 N–H and O–H groups in total. The summed E-state index contributed by atoms with van der Waals surface area (Å²) in [5.41, 5.74) is 0.186. The standard InChI is InChI=1S/C27H25F3N4O4/c1-37-21-6-2-18(3-7-21)4-9-25(36)32-22-14-20(26-31-15-24(33-26)27(28,29)30)5-8-23(22)38-16-19-10-12-34(17-35)13-11-19/h2-3,5-8,14-15,17,19H,10-13,16H2,1H3,(H,31,33)(H,32,36). The Morgan fingerprint density at radius 3 is 2.58 bits per heavy atom. The van der Waals surface area contributed by atoms with E-state index in [0.29, 0.717) is 48.5 Å². The maximum absolute atomic E-state index is 13.0. The summed E-state index contributed by atoms with van der Waals surface area (Å²) in [6.45, 7) is 1.63. The first-order chi connectivity index (χ1) is 18.2. The van der Waals surface area contributed by atoms with Crippen molar-refractivity contribution >= 4 is 18.0 Å². The Labute approximate surface area is 217 Å². The van der Waals surface area contributed by atoms with E-state index in [0.717, 1.165) is 19.3 Å². The van der Waals surface area contributed by atoms with Crippen LogP contribution in [0.2, 0.25) is 0 Å². The largest absolute Gasteiger partial charge is 0.497 e. The molecule has 1 aliphatic heterocycles. The lowest BCUT2D eigenvalue weighted by molar-refractivity contribution is -0.140. The Morgan fingerprint density at radius 2 is 1.95 bits per heavy atom. The van der Waals surface area contributed by atoms with Gasteiger partial charge in [-0.05, 0) is 61.2 Å². The fourth-order valence-corrected chi connectivity index (χ4v) is 3.90. The summed E-state index contributed by atoms with van der Waals surface area (Å²) in [7, 11) is 1.54. The van der Waals surface area contributed by atoms with E-state index in [1.54, 1.807) is 48.4 Å². The van der Waals surface area contributed by atoms with Crippen molar-refractivity contribution in [3.05, 3.63) is 59.9 Å². The number of amides is 2. The molecule has 198 valence electrons. The molecule has 0 unspecified atom stereocenters. The van der Waals surface area contributed by atoms with Crippen LogP contribution < -0.4 is 14.8 Å². The van der Waals surface area contributed by atoms with Gasteiger partial charge >= 0.3 is 12.1 Å². The van der Waals surface area contributed by atoms with Crippen LogP contribution >= 0.6 is 0 Å². The van der Waals surface area contributed by atoms with Gasteiger partial charge < -0.3 is 24.7 Å². The molecule has 1 aliphatic rings. The number of methoxy groups -OCH3 is 1. The monoisotopic (exact) mass is 526 g/mol. The number of H-pyrrole nitrogens is 1. The van der Waals surface area contributed by atoms with Gasteiger partial charge in [0, 0.05) is 30.1 Å². The van der Waals surface area contributed by atoms with Gasteiger partial charge in [0.25, 0.3) is 0 Å². The van der Waals surface area contributed by atoms with Crippen LogP contribution in [0.4, 0.5) is 18.9 Å². The summed E-state index contributed by atoms with van der Waals surface area (Å²) in [6, 6.07) is 11.5. The topological polar surface area (TPSA) is 96.5 Å². The van der Waals surface area contributed by atoms with Gasteiger partial charge in [-0.15, -0.1) is 0 Å². The van der Waals surface area contributed by atoms with E-state index in [1.165, 1.54) is 6.07 Å². The molecule has 1 aromatic heterocycles. The summed E-state index contributed by atoms with van der Waals surface area (Å²) >= 11 is 0. The average Bonchev–Trinajstić information content (AvgIpc) is 3.43. The molecular weight excluding hydrogens is 501 g/mol. The van der Waals surface area contributed by atoms with E-state index in [4.69, 9.17) is 9.47 Å². The van der Waals surface area contributed by atoms with E-state index in [2.05, 4.69) is 27.1 Å². The lowest BCUT2D eigenvalue weighted by atomic mass is 9.98. The van der Waals surface area contributed by atoms with Crippen LogP contribution in [0, 0.1) is 17.8 Å². The van der Waals surface area contributed by atoms with Gasteiger partial charge in [-0.3, -0.25) is 9.59 Å². The van der Waals surface area contributed by atoms with Gasteiger partial charge in [0.15, 0.2) is 0 Å². The van der Waals surface area contributed by atoms with Crippen molar-refractivity contribution in [2.24, 2.45) is 5.92 Å². The number of hydrogen-bond acceptors (Lipinski definition) is 5. The normalized spacial score (nSPS) is 13.8. The van der Waals surface area contributed by atoms with Crippen molar-refractivity contribution in [1.82, 2.24) is 14.9 Å². The highest BCUT2D eigenvalue weighted by atomic mass is 19.4. The predicted molar refractivity (Wildman–Crippen MR) is 133 cm³/mol. The van der Waals surface area contributed by atoms with Gasteiger partial charge in [-0.1, -0.05) is 5.92 Å². The zero-order valence-electron chi connectivity index (χ0n) is 20.5. The average molecular weight is 527 g/mol. The van der Waals surface area contributed by atoms with Gasteiger partial charge in [0.05, 0.1) is 25.6 Å². The van der Waals surface area contributed by atoms with E-state index in [9.17, 15) is 22.8 Å². The number of aromatic nitrogens is 2. The SMILES string of the molecule is COc1ccc(C#CC(=O)Nc2cc(-c3ncc(C(F)(F)F)[nH]3)ccc2OCC2CCN(C=O)CC2)cc1. The summed E-state index contributed by atoms with van der Waals surface area (Å²) in [4.78, 5) is 31.4. The molecule has 1 fully saturated rings. The van der Waals surface area contributed by atoms with Crippen molar-refractivity contribution in [2.75, 3.05) is 32.1 Å². The molecule has 0 aliphatic carbocycles. The molecule has 1 saturated heterocycles. The number of carbonyl (C=O) groups is 2. The molecule has 2 amide bonds. The second-order valence-corrected chi connectivity index (χ2v) is 8.68. The van der Waals surface area contributed by atoms with Crippen molar-refractivity contribution < 1.29 is 32.2 Å². The van der Waals surface area contributed by atoms with Crippen molar-refractivity contribution in [3.63, 3.8) is 0 Å². The van der Waals surface area contributed by atoms with Crippen molar-refractivity contribution in [1.29, 1.82) is 0 Å². The molecule has 3 aromatic rings. The number of rotatable bonds is 7. The molecule has 0 spiro atoms. The number of halogens is 3. The molecule has 0 bridgehead atoms. The van der Waals surface area contributed by atoms with Crippen LogP contribution in [0.3, 0.4) is 0 Å². The zero-order chi connectivity index (χ0) is 27.1. The number of likely N-dealkylation sites (tertiary alicyclic amines) is 1. The number of carbonyl (C=O) groups excluding carboxylic acids is 2. The highest BCUT2D eigenvalue weighted by Gasteiger charge is 2.33. The third-order valence-corrected chi connectivity index (χ3v) is 6.07. The number of alkyl halides is 3. The summed E-state index contributed by atoms with van der Waals surface area (Å²) < 4.78 is 50.2. The predicted octanol–water partition coefficient (Wildman–Crippen LogP) is 4.34. The molecule has 8 nitrogen and oxygen atoms in total. The minimum absolute atomic E-state index is 0.00933. The maximum atomic E-state index is 13.0. The lowest BCUT2D eigenvalue weighted by Gasteiger charge is -2.29. The number of anilines is 1. The van der Waals surface area contributed by atoms with Gasteiger partial charge in [-0.2, -0.15) is 13.2 Å². The molecule has 0 radical (unpaired) electrons. The molecule has 2 aromatic carbocycles. The lowest BCUT2D eigenvalue weighted by Crippen LogP contribution is -2.34. The molecule has 11 heteroatoms. The maximum Gasteiger partial charge on any atom is 0.432 e. The first-order valence-electron chi connectivity index (χ1n) is 11.8. The fraction of sp³-hybridized carbons (Fsp3) is 0.296. The highest BCUT2D eigenvalue weighted by molar-refractivity contribution is 6.05. The van der Waals surface area contributed by atoms with Crippen LogP contribution in [0.1, 0.15) is 24.1 Å². The first-order valence-corrected chi connectivity index (χ1v) is 11.8. The van der Waals surface area contributed by atoms with Crippen LogP contribution in [0.15, 0.2) is 48.7 Å². The van der Waals surface area contributed by atoms with Crippen LogP contribution in [0.5, 0.6) is 11.5 Å². The third kappa shape index (κ3) is 6.85. The number of nitrogens with one attached hydrogen (secondary N) is 2. The molecule has 38 heavy (non-hydrogen) atoms. The molecule has 2 heterocycles. The summed E-state index contributed by atoms with van der Waals surface area (Å²) in [6.07, 6.45) is -1.47. The Morgan fingerprint density at radius 1 is 1.21 bits per heavy atom. The molecule has 4 rings (SSSR count). The molecular formula is C27H25F3N4O4. The first kappa shape index (κ1) is 26.6. The smallest absolute Gasteiger partial charge is 0.432 e. The van der Waals surface area contributed by atoms with Gasteiger partial charge in [0.1, 0.15) is 23.0 Å². The summed E-state index contributed by atoms with van der Waals surface area (Å²) in [5, 5.41) is 2.67. The van der Waals surface area contributed by atoms with E-state index >= 15 is 0 Å². The van der Waals surface area contributed by atoms with Crippen LogP contribution in [0.25, 0.3) is 11.4 Å². The molecule has 0 atom stereocenters. The number of imidazole rings is 1. The Balaban J connectivity index is 1.53. The zero-order valence-corrected chi connectivity index (χ0v) is 20.5. The Kier molecular flexibility index (Phi) is 8.21. The quantitative estimate of drug-likeness (QED) is 0.353. The second kappa shape index (κ2) is 11.7. The second-order valence-electron chi connectivity index (χ2n) is 8.68. The van der Waals surface area contributed by atoms with Crippen LogP contribution in [-0.2, 0) is 15.8 Å². The number of aromatic amines is 1. The van der Waals surface area contributed by atoms with Gasteiger partial charge in [-0.25, -0.2) is 4.98 Å². The Bertz CT molecular complexity index is 1330. The van der Waals surface area contributed by atoms with Crippen LogP contribution in [-0.4, -0.2) is 54.0 Å². The minimum atomic E-state index is -4.57. The fourth-order valence-electron chi connectivity index (χ4n) is 3.90. The number of nitrogens with zero attached hydrogens (tertiary/aromatic N) is 2. The third-order valence-electron chi connectivity index (χ3n) is 6.07. The van der Waals surface area contributed by atoms with Crippen molar-refractivity contribution in [2.45, 2.75) is 19.0 Å². The number of hydrogen-bond donors (Lipinski definition) is 2. The van der Waals surface area contributed by atoms with E-state index < -0.39 is 17.8 Å². The highest BCUT2D eigenvalue weighted by Crippen LogP contribution is 2.33. The minimum Gasteiger partial charge on any atom is -0.497 e. The number of ether oxygens (including phenoxy) is 2. The van der Waals surface area contributed by atoms with E-state index in [1.807, 2.05) is 0 Å². The van der Waals surface area contributed by atoms with Gasteiger partial charge in [0.2, 0.25) is 6.41 Å². The van der Waals surface area contributed by atoms with E-state index in [-0.39, 0.29) is 17.4 Å². The Hall–Kier alpha value is -4.46. The summed E-state index contributed by atoms with van der Waals surface area (Å²) in [5.74, 6) is 5.84. The van der Waals surface area contributed by atoms with Crippen molar-refractivity contribution in [3.8, 4) is 34.7 Å². The number of piperidine rings is 1.